The molecule has 7 nitrogen and oxygen atoms in total. The minimum absolute atomic E-state index is 0.122. The standard InChI is InChI=1S/C22H20N2O5S2/c1-2-27-16-6-3-14(4-7-16)11-19-21(26)24(22(30)31-19)10-9-20(25)23-15-5-8-17-18(12-15)29-13-28-17/h3-8,11-12H,2,9-10,13H2,1H3,(H,23,25)/b19-11-. The number of rotatable bonds is 7. The molecular weight excluding hydrogens is 436 g/mol. The maximum Gasteiger partial charge on any atom is 0.266 e. The smallest absolute Gasteiger partial charge is 0.266 e. The normalized spacial score (nSPS) is 16.2. The zero-order valence-corrected chi connectivity index (χ0v) is 18.4. The van der Waals surface area contributed by atoms with Crippen LogP contribution in [0.15, 0.2) is 47.4 Å². The molecule has 2 aromatic rings. The van der Waals surface area contributed by atoms with Crippen LogP contribution in [-0.4, -0.2) is 41.0 Å². The molecule has 160 valence electrons. The number of amides is 2. The van der Waals surface area contributed by atoms with Gasteiger partial charge in [0.2, 0.25) is 12.7 Å². The van der Waals surface area contributed by atoms with Gasteiger partial charge in [-0.25, -0.2) is 0 Å². The second kappa shape index (κ2) is 9.40. The van der Waals surface area contributed by atoms with Gasteiger partial charge in [-0.2, -0.15) is 0 Å². The first-order valence-electron chi connectivity index (χ1n) is 9.71. The van der Waals surface area contributed by atoms with Crippen molar-refractivity contribution in [2.24, 2.45) is 0 Å². The fourth-order valence-corrected chi connectivity index (χ4v) is 4.39. The van der Waals surface area contributed by atoms with Gasteiger partial charge in [0.1, 0.15) is 10.1 Å². The van der Waals surface area contributed by atoms with E-state index in [2.05, 4.69) is 5.32 Å². The molecule has 2 amide bonds. The zero-order valence-electron chi connectivity index (χ0n) is 16.8. The van der Waals surface area contributed by atoms with Crippen molar-refractivity contribution in [3.8, 4) is 17.2 Å². The summed E-state index contributed by atoms with van der Waals surface area (Å²) in [4.78, 5) is 27.1. The van der Waals surface area contributed by atoms with E-state index in [1.165, 1.54) is 16.7 Å². The Hall–Kier alpha value is -3.04. The van der Waals surface area contributed by atoms with E-state index in [1.807, 2.05) is 31.2 Å². The van der Waals surface area contributed by atoms with Crippen LogP contribution in [0.25, 0.3) is 6.08 Å². The molecule has 9 heteroatoms. The number of nitrogens with one attached hydrogen (secondary N) is 1. The van der Waals surface area contributed by atoms with Crippen LogP contribution in [0.4, 0.5) is 5.69 Å². The van der Waals surface area contributed by atoms with Gasteiger partial charge < -0.3 is 19.5 Å². The molecule has 0 aromatic heterocycles. The lowest BCUT2D eigenvalue weighted by Gasteiger charge is -2.14. The lowest BCUT2D eigenvalue weighted by molar-refractivity contribution is -0.122. The van der Waals surface area contributed by atoms with Crippen LogP contribution >= 0.6 is 24.0 Å². The molecule has 2 aromatic carbocycles. The number of ether oxygens (including phenoxy) is 3. The minimum atomic E-state index is -0.219. The van der Waals surface area contributed by atoms with E-state index >= 15 is 0 Å². The van der Waals surface area contributed by atoms with E-state index < -0.39 is 0 Å². The summed E-state index contributed by atoms with van der Waals surface area (Å²) in [7, 11) is 0. The summed E-state index contributed by atoms with van der Waals surface area (Å²) in [5.41, 5.74) is 1.49. The fraction of sp³-hybridized carbons (Fsp3) is 0.227. The van der Waals surface area contributed by atoms with Gasteiger partial charge in [0.25, 0.3) is 5.91 Å². The second-order valence-corrected chi connectivity index (χ2v) is 8.38. The maximum absolute atomic E-state index is 12.8. The highest BCUT2D eigenvalue weighted by Gasteiger charge is 2.32. The summed E-state index contributed by atoms with van der Waals surface area (Å²) in [6, 6.07) is 12.7. The Kier molecular flexibility index (Phi) is 6.43. The van der Waals surface area contributed by atoms with Crippen molar-refractivity contribution in [2.75, 3.05) is 25.3 Å². The number of hydrogen-bond acceptors (Lipinski definition) is 7. The number of carbonyl (C=O) groups is 2. The summed E-state index contributed by atoms with van der Waals surface area (Å²) >= 11 is 6.58. The molecule has 4 rings (SSSR count). The molecule has 1 N–H and O–H groups in total. The van der Waals surface area contributed by atoms with E-state index in [0.29, 0.717) is 33.0 Å². The lowest BCUT2D eigenvalue weighted by atomic mass is 10.2. The van der Waals surface area contributed by atoms with Gasteiger partial charge in [-0.15, -0.1) is 0 Å². The van der Waals surface area contributed by atoms with Gasteiger partial charge >= 0.3 is 0 Å². The van der Waals surface area contributed by atoms with Gasteiger partial charge in [-0.1, -0.05) is 36.1 Å². The van der Waals surface area contributed by atoms with Crippen molar-refractivity contribution < 1.29 is 23.8 Å². The van der Waals surface area contributed by atoms with Crippen LogP contribution in [0, 0.1) is 0 Å². The Balaban J connectivity index is 1.34. The number of anilines is 1. The Morgan fingerprint density at radius 2 is 2.00 bits per heavy atom. The number of thiocarbonyl (C=S) groups is 1. The van der Waals surface area contributed by atoms with Gasteiger partial charge in [-0.05, 0) is 42.8 Å². The Labute approximate surface area is 189 Å². The minimum Gasteiger partial charge on any atom is -0.494 e. The third kappa shape index (κ3) is 5.00. The third-order valence-corrected chi connectivity index (χ3v) is 5.96. The molecule has 0 spiro atoms. The predicted molar refractivity (Wildman–Crippen MR) is 123 cm³/mol. The molecule has 2 aliphatic heterocycles. The predicted octanol–water partition coefficient (Wildman–Crippen LogP) is 4.04. The molecule has 1 saturated heterocycles. The van der Waals surface area contributed by atoms with E-state index in [0.717, 1.165) is 11.3 Å². The van der Waals surface area contributed by atoms with E-state index in [4.69, 9.17) is 26.4 Å². The first-order valence-corrected chi connectivity index (χ1v) is 10.9. The van der Waals surface area contributed by atoms with Gasteiger partial charge in [-0.3, -0.25) is 14.5 Å². The van der Waals surface area contributed by atoms with Crippen molar-refractivity contribution in [2.45, 2.75) is 13.3 Å². The van der Waals surface area contributed by atoms with Crippen molar-refractivity contribution in [1.82, 2.24) is 4.90 Å². The van der Waals surface area contributed by atoms with E-state index in [-0.39, 0.29) is 31.6 Å². The Morgan fingerprint density at radius 3 is 2.77 bits per heavy atom. The van der Waals surface area contributed by atoms with Crippen LogP contribution in [0.1, 0.15) is 18.9 Å². The summed E-state index contributed by atoms with van der Waals surface area (Å²) in [6.45, 7) is 2.90. The Bertz CT molecular complexity index is 1050. The number of nitrogens with zero attached hydrogens (tertiary/aromatic N) is 1. The first kappa shape index (κ1) is 21.2. The number of benzene rings is 2. The van der Waals surface area contributed by atoms with Crippen molar-refractivity contribution in [1.29, 1.82) is 0 Å². The van der Waals surface area contributed by atoms with Crippen LogP contribution in [0.2, 0.25) is 0 Å². The monoisotopic (exact) mass is 456 g/mol. The summed E-state index contributed by atoms with van der Waals surface area (Å²) in [6.07, 6.45) is 1.92. The topological polar surface area (TPSA) is 77.1 Å². The lowest BCUT2D eigenvalue weighted by Crippen LogP contribution is -2.31. The summed E-state index contributed by atoms with van der Waals surface area (Å²) in [5, 5.41) is 2.80. The SMILES string of the molecule is CCOc1ccc(/C=C2\SC(=S)N(CCC(=O)Nc3ccc4c(c3)OCO4)C2=O)cc1. The number of thioether (sulfide) groups is 1. The molecule has 0 saturated carbocycles. The average molecular weight is 457 g/mol. The Morgan fingerprint density at radius 1 is 1.23 bits per heavy atom. The maximum atomic E-state index is 12.8. The van der Waals surface area contributed by atoms with E-state index in [1.54, 1.807) is 24.3 Å². The van der Waals surface area contributed by atoms with Gasteiger partial charge in [0.05, 0.1) is 11.5 Å². The molecular formula is C22H20N2O5S2. The van der Waals surface area contributed by atoms with E-state index in [9.17, 15) is 9.59 Å². The number of carbonyl (C=O) groups excluding carboxylic acids is 2. The molecule has 0 atom stereocenters. The molecule has 0 unspecified atom stereocenters. The average Bonchev–Trinajstić information content (AvgIpc) is 3.32. The zero-order chi connectivity index (χ0) is 21.8. The van der Waals surface area contributed by atoms with Crippen LogP contribution in [-0.2, 0) is 9.59 Å². The van der Waals surface area contributed by atoms with Crippen molar-refractivity contribution in [3.05, 3.63) is 52.9 Å². The highest BCUT2D eigenvalue weighted by Crippen LogP contribution is 2.35. The highest BCUT2D eigenvalue weighted by molar-refractivity contribution is 8.26. The molecule has 2 heterocycles. The summed E-state index contributed by atoms with van der Waals surface area (Å²) < 4.78 is 16.4. The highest BCUT2D eigenvalue weighted by atomic mass is 32.2. The number of fused-ring (bicyclic) bond motifs is 1. The second-order valence-electron chi connectivity index (χ2n) is 6.70. The van der Waals surface area contributed by atoms with Crippen molar-refractivity contribution in [3.63, 3.8) is 0 Å². The first-order chi connectivity index (χ1) is 15.0. The fourth-order valence-electron chi connectivity index (χ4n) is 3.08. The van der Waals surface area contributed by atoms with Crippen LogP contribution < -0.4 is 19.5 Å². The van der Waals surface area contributed by atoms with Gasteiger partial charge in [0, 0.05) is 24.7 Å². The molecule has 0 bridgehead atoms. The van der Waals surface area contributed by atoms with Crippen LogP contribution in [0.3, 0.4) is 0 Å². The molecule has 0 aliphatic carbocycles. The largest absolute Gasteiger partial charge is 0.494 e. The molecule has 0 radical (unpaired) electrons. The van der Waals surface area contributed by atoms with Crippen LogP contribution in [0.5, 0.6) is 17.2 Å². The van der Waals surface area contributed by atoms with Gasteiger partial charge in [0.15, 0.2) is 11.5 Å². The number of hydrogen-bond donors (Lipinski definition) is 1. The summed E-state index contributed by atoms with van der Waals surface area (Å²) in [5.74, 6) is 1.60. The molecule has 1 fully saturated rings. The molecule has 2 aliphatic rings. The van der Waals surface area contributed by atoms with Crippen molar-refractivity contribution >= 4 is 51.9 Å². The third-order valence-electron chi connectivity index (χ3n) is 4.58. The quantitative estimate of drug-likeness (QED) is 0.498. The molecule has 31 heavy (non-hydrogen) atoms.